The maximum atomic E-state index is 10.7. The second-order valence-electron chi connectivity index (χ2n) is 5.16. The van der Waals surface area contributed by atoms with Crippen molar-refractivity contribution >= 4 is 34.0 Å². The van der Waals surface area contributed by atoms with Gasteiger partial charge in [0.1, 0.15) is 0 Å². The average molecular weight is 348 g/mol. The number of rotatable bonds is 4. The molecule has 0 bridgehead atoms. The van der Waals surface area contributed by atoms with Crippen LogP contribution in [-0.4, -0.2) is 11.5 Å². The van der Waals surface area contributed by atoms with Crippen LogP contribution >= 0.6 is 22.6 Å². The molecular formula is C12H17IN2O2. The lowest BCUT2D eigenvalue weighted by atomic mass is 9.92. The molecule has 0 aromatic heterocycles. The normalized spacial score (nSPS) is 11.3. The van der Waals surface area contributed by atoms with Gasteiger partial charge in [-0.3, -0.25) is 10.1 Å². The fourth-order valence-electron chi connectivity index (χ4n) is 1.35. The van der Waals surface area contributed by atoms with E-state index in [9.17, 15) is 10.1 Å². The summed E-state index contributed by atoms with van der Waals surface area (Å²) in [7, 11) is 0. The van der Waals surface area contributed by atoms with Crippen LogP contribution in [0.2, 0.25) is 0 Å². The highest BCUT2D eigenvalue weighted by Gasteiger charge is 2.12. The van der Waals surface area contributed by atoms with E-state index in [0.717, 1.165) is 18.7 Å². The molecule has 0 aliphatic rings. The molecule has 0 saturated heterocycles. The highest BCUT2D eigenvalue weighted by molar-refractivity contribution is 14.1. The molecule has 0 amide bonds. The van der Waals surface area contributed by atoms with Crippen molar-refractivity contribution in [2.75, 3.05) is 11.9 Å². The summed E-state index contributed by atoms with van der Waals surface area (Å²) in [4.78, 5) is 10.3. The zero-order chi connectivity index (χ0) is 13.1. The maximum absolute atomic E-state index is 10.7. The summed E-state index contributed by atoms with van der Waals surface area (Å²) in [6, 6.07) is 5.10. The van der Waals surface area contributed by atoms with Crippen molar-refractivity contribution in [2.24, 2.45) is 5.41 Å². The predicted molar refractivity (Wildman–Crippen MR) is 78.4 cm³/mol. The van der Waals surface area contributed by atoms with Crippen LogP contribution in [0, 0.1) is 19.1 Å². The van der Waals surface area contributed by atoms with Gasteiger partial charge in [0.05, 0.1) is 8.49 Å². The summed E-state index contributed by atoms with van der Waals surface area (Å²) in [5, 5.41) is 13.9. The lowest BCUT2D eigenvalue weighted by Gasteiger charge is -2.18. The van der Waals surface area contributed by atoms with E-state index in [1.54, 1.807) is 18.2 Å². The van der Waals surface area contributed by atoms with E-state index in [2.05, 4.69) is 26.1 Å². The molecule has 1 rings (SSSR count). The smallest absolute Gasteiger partial charge is 0.282 e. The van der Waals surface area contributed by atoms with E-state index >= 15 is 0 Å². The topological polar surface area (TPSA) is 55.2 Å². The van der Waals surface area contributed by atoms with E-state index in [-0.39, 0.29) is 10.6 Å². The Morgan fingerprint density at radius 2 is 2.06 bits per heavy atom. The number of halogens is 1. The van der Waals surface area contributed by atoms with Crippen molar-refractivity contribution in [3.63, 3.8) is 0 Å². The lowest BCUT2D eigenvalue weighted by Crippen LogP contribution is -2.12. The second kappa shape index (κ2) is 5.66. The number of nitro groups is 1. The molecule has 0 aliphatic heterocycles. The molecule has 1 N–H and O–H groups in total. The summed E-state index contributed by atoms with van der Waals surface area (Å²) in [6.45, 7) is 7.44. The van der Waals surface area contributed by atoms with Crippen LogP contribution in [0.3, 0.4) is 0 Å². The van der Waals surface area contributed by atoms with E-state index < -0.39 is 0 Å². The van der Waals surface area contributed by atoms with Crippen LogP contribution in [0.1, 0.15) is 27.2 Å². The van der Waals surface area contributed by atoms with Gasteiger partial charge in [-0.05, 0) is 46.6 Å². The molecule has 0 atom stereocenters. The van der Waals surface area contributed by atoms with Crippen LogP contribution in [0.5, 0.6) is 0 Å². The molecule has 1 aromatic carbocycles. The molecule has 0 unspecified atom stereocenters. The number of anilines is 1. The van der Waals surface area contributed by atoms with Gasteiger partial charge >= 0.3 is 0 Å². The molecule has 0 saturated carbocycles. The summed E-state index contributed by atoms with van der Waals surface area (Å²) in [5.74, 6) is 0. The Hall–Kier alpha value is -0.850. The molecule has 1 aromatic rings. The largest absolute Gasteiger partial charge is 0.385 e. The lowest BCUT2D eigenvalue weighted by molar-refractivity contribution is -0.385. The molecular weight excluding hydrogens is 331 g/mol. The number of nitrogens with one attached hydrogen (secondary N) is 1. The van der Waals surface area contributed by atoms with Gasteiger partial charge in [-0.2, -0.15) is 0 Å². The third-order valence-electron chi connectivity index (χ3n) is 2.35. The zero-order valence-electron chi connectivity index (χ0n) is 10.3. The molecule has 94 valence electrons. The van der Waals surface area contributed by atoms with Crippen molar-refractivity contribution in [2.45, 2.75) is 27.2 Å². The van der Waals surface area contributed by atoms with Crippen LogP contribution in [0.15, 0.2) is 18.2 Å². The first-order chi connectivity index (χ1) is 7.79. The number of nitrogens with zero attached hydrogens (tertiary/aromatic N) is 1. The summed E-state index contributed by atoms with van der Waals surface area (Å²) in [6.07, 6.45) is 1.06. The molecule has 0 heterocycles. The summed E-state index contributed by atoms with van der Waals surface area (Å²) in [5.41, 5.74) is 1.39. The van der Waals surface area contributed by atoms with Crippen LogP contribution in [0.4, 0.5) is 11.4 Å². The SMILES string of the molecule is CC(C)(C)CCNc1ccc([N+](=O)[O-])c(I)c1. The third kappa shape index (κ3) is 4.89. The number of benzene rings is 1. The van der Waals surface area contributed by atoms with Crippen molar-refractivity contribution in [1.29, 1.82) is 0 Å². The number of nitro benzene ring substituents is 1. The van der Waals surface area contributed by atoms with Gasteiger partial charge < -0.3 is 5.32 Å². The van der Waals surface area contributed by atoms with E-state index in [4.69, 9.17) is 0 Å². The fourth-order valence-corrected chi connectivity index (χ4v) is 2.06. The van der Waals surface area contributed by atoms with Crippen molar-refractivity contribution in [3.05, 3.63) is 31.9 Å². The standard InChI is InChI=1S/C12H17IN2O2/c1-12(2,3)6-7-14-9-4-5-11(15(16)17)10(13)8-9/h4-5,8,14H,6-7H2,1-3H3. The Bertz CT molecular complexity index is 413. The minimum absolute atomic E-state index is 0.159. The highest BCUT2D eigenvalue weighted by atomic mass is 127. The molecule has 17 heavy (non-hydrogen) atoms. The Morgan fingerprint density at radius 3 is 2.53 bits per heavy atom. The van der Waals surface area contributed by atoms with Gasteiger partial charge in [0, 0.05) is 18.3 Å². The molecule has 0 spiro atoms. The third-order valence-corrected chi connectivity index (χ3v) is 3.21. The van der Waals surface area contributed by atoms with Crippen molar-refractivity contribution < 1.29 is 4.92 Å². The van der Waals surface area contributed by atoms with Gasteiger partial charge in [-0.25, -0.2) is 0 Å². The van der Waals surface area contributed by atoms with Gasteiger partial charge in [0.25, 0.3) is 5.69 Å². The zero-order valence-corrected chi connectivity index (χ0v) is 12.4. The van der Waals surface area contributed by atoms with Crippen LogP contribution in [-0.2, 0) is 0 Å². The van der Waals surface area contributed by atoms with E-state index in [1.807, 2.05) is 22.6 Å². The molecule has 0 fully saturated rings. The first kappa shape index (κ1) is 14.2. The highest BCUT2D eigenvalue weighted by Crippen LogP contribution is 2.25. The monoisotopic (exact) mass is 348 g/mol. The van der Waals surface area contributed by atoms with Gasteiger partial charge in [-0.1, -0.05) is 20.8 Å². The number of hydrogen-bond donors (Lipinski definition) is 1. The molecule has 5 heteroatoms. The van der Waals surface area contributed by atoms with E-state index in [1.165, 1.54) is 0 Å². The first-order valence-corrected chi connectivity index (χ1v) is 6.55. The summed E-state index contributed by atoms with van der Waals surface area (Å²) >= 11 is 1.99. The molecule has 4 nitrogen and oxygen atoms in total. The molecule has 0 radical (unpaired) electrons. The summed E-state index contributed by atoms with van der Waals surface area (Å²) < 4.78 is 0.661. The molecule has 0 aliphatic carbocycles. The average Bonchev–Trinajstić information content (AvgIpc) is 2.15. The minimum atomic E-state index is -0.360. The Kier molecular flexibility index (Phi) is 4.73. The Labute approximate surface area is 115 Å². The van der Waals surface area contributed by atoms with Gasteiger partial charge in [-0.15, -0.1) is 0 Å². The minimum Gasteiger partial charge on any atom is -0.385 e. The van der Waals surface area contributed by atoms with Crippen molar-refractivity contribution in [1.82, 2.24) is 0 Å². The first-order valence-electron chi connectivity index (χ1n) is 5.47. The number of hydrogen-bond acceptors (Lipinski definition) is 3. The Balaban J connectivity index is 2.62. The maximum Gasteiger partial charge on any atom is 0.282 e. The second-order valence-corrected chi connectivity index (χ2v) is 6.32. The fraction of sp³-hybridized carbons (Fsp3) is 0.500. The Morgan fingerprint density at radius 1 is 1.41 bits per heavy atom. The van der Waals surface area contributed by atoms with E-state index in [0.29, 0.717) is 8.99 Å². The predicted octanol–water partition coefficient (Wildman–Crippen LogP) is 4.05. The van der Waals surface area contributed by atoms with Crippen LogP contribution in [0.25, 0.3) is 0 Å². The van der Waals surface area contributed by atoms with Crippen molar-refractivity contribution in [3.8, 4) is 0 Å². The quantitative estimate of drug-likeness (QED) is 0.507. The van der Waals surface area contributed by atoms with Gasteiger partial charge in [0.2, 0.25) is 0 Å². The van der Waals surface area contributed by atoms with Gasteiger partial charge in [0.15, 0.2) is 0 Å². The van der Waals surface area contributed by atoms with Crippen LogP contribution < -0.4 is 5.32 Å².